The van der Waals surface area contributed by atoms with Crippen molar-refractivity contribution in [3.8, 4) is 0 Å². The van der Waals surface area contributed by atoms with Crippen molar-refractivity contribution in [1.82, 2.24) is 10.2 Å². The second-order valence-electron chi connectivity index (χ2n) is 5.07. The Morgan fingerprint density at radius 2 is 2.31 bits per heavy atom. The number of nitrogens with zero attached hydrogens (tertiary/aromatic N) is 1. The molecule has 1 aliphatic carbocycles. The van der Waals surface area contributed by atoms with E-state index in [1.54, 1.807) is 0 Å². The highest BCUT2D eigenvalue weighted by molar-refractivity contribution is 5.83. The molecule has 0 bridgehead atoms. The molecule has 0 saturated heterocycles. The molecule has 4 heteroatoms. The molecule has 2 atom stereocenters. The summed E-state index contributed by atoms with van der Waals surface area (Å²) in [7, 11) is 2.05. The molecule has 0 aromatic rings. The molecule has 4 nitrogen and oxygen atoms in total. The van der Waals surface area contributed by atoms with Crippen molar-refractivity contribution in [1.29, 1.82) is 0 Å². The van der Waals surface area contributed by atoms with Gasteiger partial charge in [0.05, 0.1) is 5.41 Å². The Morgan fingerprint density at radius 3 is 2.81 bits per heavy atom. The van der Waals surface area contributed by atoms with Crippen LogP contribution in [0.25, 0.3) is 0 Å². The van der Waals surface area contributed by atoms with E-state index >= 15 is 0 Å². The van der Waals surface area contributed by atoms with Gasteiger partial charge in [-0.2, -0.15) is 0 Å². The Bertz CT molecular complexity index is 244. The molecule has 94 valence electrons. The molecule has 0 aliphatic heterocycles. The summed E-state index contributed by atoms with van der Waals surface area (Å²) in [5.74, 6) is 0.127. The van der Waals surface area contributed by atoms with Gasteiger partial charge in [-0.3, -0.25) is 4.79 Å². The monoisotopic (exact) mass is 227 g/mol. The molecule has 1 rings (SSSR count). The lowest BCUT2D eigenvalue weighted by molar-refractivity contribution is -0.130. The number of hydrogen-bond donors (Lipinski definition) is 2. The standard InChI is InChI=1S/C12H25N3O/c1-4-15(3)9-8-14-11(16)12(2)7-5-6-10(12)13/h10H,4-9,13H2,1-3H3,(H,14,16). The third-order valence-corrected chi connectivity index (χ3v) is 3.87. The van der Waals surface area contributed by atoms with Crippen LogP contribution in [0.3, 0.4) is 0 Å². The highest BCUT2D eigenvalue weighted by Crippen LogP contribution is 2.36. The van der Waals surface area contributed by atoms with E-state index in [1.165, 1.54) is 0 Å². The lowest BCUT2D eigenvalue weighted by Gasteiger charge is -2.28. The first-order valence-corrected chi connectivity index (χ1v) is 6.23. The molecule has 1 saturated carbocycles. The van der Waals surface area contributed by atoms with Crippen LogP contribution < -0.4 is 11.1 Å². The van der Waals surface area contributed by atoms with Crippen molar-refractivity contribution >= 4 is 5.91 Å². The molecule has 2 unspecified atom stereocenters. The zero-order valence-corrected chi connectivity index (χ0v) is 10.8. The van der Waals surface area contributed by atoms with E-state index in [4.69, 9.17) is 5.73 Å². The average Bonchev–Trinajstić information content (AvgIpc) is 2.60. The predicted molar refractivity (Wildman–Crippen MR) is 66.1 cm³/mol. The Hall–Kier alpha value is -0.610. The Labute approximate surface area is 98.6 Å². The summed E-state index contributed by atoms with van der Waals surface area (Å²) in [6, 6.07) is 0.0244. The maximum atomic E-state index is 12.0. The fourth-order valence-corrected chi connectivity index (χ4v) is 2.20. The normalized spacial score (nSPS) is 29.7. The van der Waals surface area contributed by atoms with E-state index in [9.17, 15) is 4.79 Å². The largest absolute Gasteiger partial charge is 0.354 e. The van der Waals surface area contributed by atoms with Crippen molar-refractivity contribution in [3.05, 3.63) is 0 Å². The summed E-state index contributed by atoms with van der Waals surface area (Å²) in [5.41, 5.74) is 5.66. The fourth-order valence-electron chi connectivity index (χ4n) is 2.20. The number of amides is 1. The number of carbonyl (C=O) groups excluding carboxylic acids is 1. The van der Waals surface area contributed by atoms with Crippen molar-refractivity contribution < 1.29 is 4.79 Å². The third-order valence-electron chi connectivity index (χ3n) is 3.87. The van der Waals surface area contributed by atoms with Crippen molar-refractivity contribution in [2.24, 2.45) is 11.1 Å². The smallest absolute Gasteiger partial charge is 0.227 e. The molecule has 3 N–H and O–H groups in total. The van der Waals surface area contributed by atoms with Crippen LogP contribution in [-0.2, 0) is 4.79 Å². The van der Waals surface area contributed by atoms with Gasteiger partial charge in [0.15, 0.2) is 0 Å². The minimum Gasteiger partial charge on any atom is -0.354 e. The highest BCUT2D eigenvalue weighted by atomic mass is 16.2. The molecule has 1 aliphatic rings. The predicted octanol–water partition coefficient (Wildman–Crippen LogP) is 0.572. The van der Waals surface area contributed by atoms with Gasteiger partial charge in [0.1, 0.15) is 0 Å². The molecular formula is C12H25N3O. The van der Waals surface area contributed by atoms with E-state index in [1.807, 2.05) is 6.92 Å². The number of likely N-dealkylation sites (N-methyl/N-ethyl adjacent to an activating group) is 1. The number of hydrogen-bond acceptors (Lipinski definition) is 3. The van der Waals surface area contributed by atoms with Crippen molar-refractivity contribution in [3.63, 3.8) is 0 Å². The first kappa shape index (κ1) is 13.5. The van der Waals surface area contributed by atoms with Gasteiger partial charge in [-0.1, -0.05) is 13.3 Å². The maximum Gasteiger partial charge on any atom is 0.227 e. The van der Waals surface area contributed by atoms with Crippen LogP contribution in [0, 0.1) is 5.41 Å². The van der Waals surface area contributed by atoms with Crippen LogP contribution in [0.15, 0.2) is 0 Å². The lowest BCUT2D eigenvalue weighted by atomic mass is 9.84. The second kappa shape index (κ2) is 5.64. The number of nitrogens with two attached hydrogens (primary N) is 1. The Balaban J connectivity index is 2.35. The quantitative estimate of drug-likeness (QED) is 0.722. The molecule has 0 radical (unpaired) electrons. The minimum atomic E-state index is -0.342. The highest BCUT2D eigenvalue weighted by Gasteiger charge is 2.42. The van der Waals surface area contributed by atoms with Crippen LogP contribution in [0.1, 0.15) is 33.1 Å². The second-order valence-corrected chi connectivity index (χ2v) is 5.07. The summed E-state index contributed by atoms with van der Waals surface area (Å²) in [4.78, 5) is 14.2. The molecule has 0 aromatic carbocycles. The fraction of sp³-hybridized carbons (Fsp3) is 0.917. The zero-order valence-electron chi connectivity index (χ0n) is 10.8. The van der Waals surface area contributed by atoms with Gasteiger partial charge in [0.2, 0.25) is 5.91 Å². The third kappa shape index (κ3) is 2.95. The van der Waals surface area contributed by atoms with Crippen LogP contribution >= 0.6 is 0 Å². The minimum absolute atomic E-state index is 0.0244. The van der Waals surface area contributed by atoms with Gasteiger partial charge < -0.3 is 16.0 Å². The van der Waals surface area contributed by atoms with E-state index in [0.717, 1.165) is 32.4 Å². The molecule has 16 heavy (non-hydrogen) atoms. The first-order chi connectivity index (χ1) is 7.50. The molecule has 0 heterocycles. The molecule has 0 spiro atoms. The van der Waals surface area contributed by atoms with Crippen LogP contribution in [0.5, 0.6) is 0 Å². The summed E-state index contributed by atoms with van der Waals surface area (Å²) in [6.45, 7) is 6.71. The number of rotatable bonds is 5. The summed E-state index contributed by atoms with van der Waals surface area (Å²) >= 11 is 0. The van der Waals surface area contributed by atoms with Crippen LogP contribution in [-0.4, -0.2) is 43.5 Å². The summed E-state index contributed by atoms with van der Waals surface area (Å²) < 4.78 is 0. The number of carbonyl (C=O) groups is 1. The van der Waals surface area contributed by atoms with Crippen LogP contribution in [0.4, 0.5) is 0 Å². The van der Waals surface area contributed by atoms with Gasteiger partial charge in [-0.15, -0.1) is 0 Å². The van der Waals surface area contributed by atoms with E-state index in [-0.39, 0.29) is 17.4 Å². The van der Waals surface area contributed by atoms with Crippen molar-refractivity contribution in [2.45, 2.75) is 39.2 Å². The maximum absolute atomic E-state index is 12.0. The first-order valence-electron chi connectivity index (χ1n) is 6.23. The molecule has 0 aromatic heterocycles. The Morgan fingerprint density at radius 1 is 1.62 bits per heavy atom. The summed E-state index contributed by atoms with van der Waals surface area (Å²) in [6.07, 6.45) is 2.96. The van der Waals surface area contributed by atoms with Gasteiger partial charge in [0, 0.05) is 19.1 Å². The molecule has 1 fully saturated rings. The van der Waals surface area contributed by atoms with Gasteiger partial charge >= 0.3 is 0 Å². The van der Waals surface area contributed by atoms with Gasteiger partial charge in [-0.25, -0.2) is 0 Å². The Kier molecular flexibility index (Phi) is 4.74. The molecular weight excluding hydrogens is 202 g/mol. The van der Waals surface area contributed by atoms with E-state index in [2.05, 4.69) is 24.2 Å². The van der Waals surface area contributed by atoms with Crippen molar-refractivity contribution in [2.75, 3.05) is 26.7 Å². The van der Waals surface area contributed by atoms with E-state index in [0.29, 0.717) is 6.54 Å². The topological polar surface area (TPSA) is 58.4 Å². The number of nitrogens with one attached hydrogen (secondary N) is 1. The SMILES string of the molecule is CCN(C)CCNC(=O)C1(C)CCCC1N. The zero-order chi connectivity index (χ0) is 12.2. The van der Waals surface area contributed by atoms with E-state index < -0.39 is 0 Å². The van der Waals surface area contributed by atoms with Crippen LogP contribution in [0.2, 0.25) is 0 Å². The summed E-state index contributed by atoms with van der Waals surface area (Å²) in [5, 5.41) is 3.00. The lowest BCUT2D eigenvalue weighted by Crippen LogP contribution is -2.48. The average molecular weight is 227 g/mol. The van der Waals surface area contributed by atoms with Gasteiger partial charge in [0.25, 0.3) is 0 Å². The molecule has 1 amide bonds. The van der Waals surface area contributed by atoms with Gasteiger partial charge in [-0.05, 0) is 33.4 Å².